The number of halogens is 3. The first-order valence-electron chi connectivity index (χ1n) is 5.50. The van der Waals surface area contributed by atoms with Gasteiger partial charge in [0, 0.05) is 0 Å². The zero-order valence-electron chi connectivity index (χ0n) is 10.8. The third-order valence-electron chi connectivity index (χ3n) is 2.21. The topological polar surface area (TPSA) is 81.7 Å². The molecule has 0 atom stereocenters. The van der Waals surface area contributed by atoms with Gasteiger partial charge >= 0.3 is 12.1 Å². The number of sulfonamides is 1. The fourth-order valence-corrected chi connectivity index (χ4v) is 2.07. The van der Waals surface area contributed by atoms with Gasteiger partial charge in [0.2, 0.25) is 0 Å². The van der Waals surface area contributed by atoms with Gasteiger partial charge in [0.05, 0.1) is 18.4 Å². The standard InChI is InChI=1S/C11H12F3NO5S/c1-19-10(16)6-8-2-4-9(5-3-8)21(17,18)15-20-7-11(12,13)14/h2-5,15H,6-7H2,1H3. The number of rotatable bonds is 6. The average Bonchev–Trinajstić information content (AvgIpc) is 2.37. The number of alkyl halides is 3. The van der Waals surface area contributed by atoms with E-state index in [1.165, 1.54) is 24.1 Å². The normalized spacial score (nSPS) is 12.2. The molecule has 6 nitrogen and oxygen atoms in total. The van der Waals surface area contributed by atoms with Crippen molar-refractivity contribution in [2.45, 2.75) is 17.5 Å². The van der Waals surface area contributed by atoms with Crippen LogP contribution in [0.1, 0.15) is 5.56 Å². The minimum atomic E-state index is -4.65. The Hall–Kier alpha value is -1.65. The fourth-order valence-electron chi connectivity index (χ4n) is 1.26. The van der Waals surface area contributed by atoms with Crippen LogP contribution in [0.2, 0.25) is 0 Å². The number of methoxy groups -OCH3 is 1. The van der Waals surface area contributed by atoms with Gasteiger partial charge in [0.25, 0.3) is 10.0 Å². The molecule has 118 valence electrons. The first-order chi connectivity index (χ1) is 9.64. The van der Waals surface area contributed by atoms with Gasteiger partial charge in [0.15, 0.2) is 6.61 Å². The summed E-state index contributed by atoms with van der Waals surface area (Å²) in [7, 11) is -3.01. The van der Waals surface area contributed by atoms with Crippen LogP contribution in [0.5, 0.6) is 0 Å². The Morgan fingerprint density at radius 1 is 1.24 bits per heavy atom. The summed E-state index contributed by atoms with van der Waals surface area (Å²) in [6, 6.07) is 4.96. The summed E-state index contributed by atoms with van der Waals surface area (Å²) < 4.78 is 63.2. The van der Waals surface area contributed by atoms with Gasteiger partial charge in [-0.15, -0.1) is 0 Å². The largest absolute Gasteiger partial charge is 0.469 e. The van der Waals surface area contributed by atoms with Gasteiger partial charge in [-0.05, 0) is 17.7 Å². The van der Waals surface area contributed by atoms with Crippen molar-refractivity contribution in [1.82, 2.24) is 4.89 Å². The summed E-state index contributed by atoms with van der Waals surface area (Å²) >= 11 is 0. The van der Waals surface area contributed by atoms with E-state index in [0.29, 0.717) is 5.56 Å². The molecule has 0 fully saturated rings. The molecule has 10 heteroatoms. The number of esters is 1. The second kappa shape index (κ2) is 6.87. The Kier molecular flexibility index (Phi) is 5.70. The van der Waals surface area contributed by atoms with Crippen LogP contribution in [-0.4, -0.2) is 34.3 Å². The number of hydrogen-bond donors (Lipinski definition) is 1. The van der Waals surface area contributed by atoms with Crippen LogP contribution in [0.4, 0.5) is 13.2 Å². The van der Waals surface area contributed by atoms with Crippen molar-refractivity contribution in [3.8, 4) is 0 Å². The Labute approximate surface area is 118 Å². The van der Waals surface area contributed by atoms with E-state index in [1.807, 2.05) is 0 Å². The molecule has 0 amide bonds. The second-order valence-electron chi connectivity index (χ2n) is 3.89. The molecule has 0 bridgehead atoms. The van der Waals surface area contributed by atoms with Gasteiger partial charge in [-0.3, -0.25) is 9.63 Å². The molecule has 1 rings (SSSR count). The maximum atomic E-state index is 11.8. The Balaban J connectivity index is 2.69. The molecule has 21 heavy (non-hydrogen) atoms. The Morgan fingerprint density at radius 3 is 2.29 bits per heavy atom. The SMILES string of the molecule is COC(=O)Cc1ccc(S(=O)(=O)NOCC(F)(F)F)cc1. The number of carbonyl (C=O) groups is 1. The molecule has 0 aliphatic carbocycles. The smallest absolute Gasteiger partial charge is 0.413 e. The number of ether oxygens (including phenoxy) is 1. The summed E-state index contributed by atoms with van der Waals surface area (Å²) in [4.78, 5) is 16.0. The molecule has 0 unspecified atom stereocenters. The lowest BCUT2D eigenvalue weighted by atomic mass is 10.2. The molecule has 0 aliphatic rings. The van der Waals surface area contributed by atoms with Crippen molar-refractivity contribution in [2.75, 3.05) is 13.7 Å². The van der Waals surface area contributed by atoms with E-state index in [9.17, 15) is 26.4 Å². The van der Waals surface area contributed by atoms with Crippen LogP contribution in [0.25, 0.3) is 0 Å². The van der Waals surface area contributed by atoms with E-state index in [-0.39, 0.29) is 11.3 Å². The van der Waals surface area contributed by atoms with Gasteiger partial charge < -0.3 is 4.74 Å². The first kappa shape index (κ1) is 17.4. The van der Waals surface area contributed by atoms with Crippen molar-refractivity contribution in [1.29, 1.82) is 0 Å². The number of carbonyl (C=O) groups excluding carboxylic acids is 1. The van der Waals surface area contributed by atoms with Crippen molar-refractivity contribution >= 4 is 16.0 Å². The molecule has 0 spiro atoms. The highest BCUT2D eigenvalue weighted by molar-refractivity contribution is 7.89. The number of nitrogens with one attached hydrogen (secondary N) is 1. The van der Waals surface area contributed by atoms with Gasteiger partial charge in [-0.1, -0.05) is 17.0 Å². The van der Waals surface area contributed by atoms with Crippen molar-refractivity contribution in [2.24, 2.45) is 0 Å². The highest BCUT2D eigenvalue weighted by Crippen LogP contribution is 2.15. The minimum Gasteiger partial charge on any atom is -0.469 e. The first-order valence-corrected chi connectivity index (χ1v) is 6.98. The second-order valence-corrected chi connectivity index (χ2v) is 5.53. The van der Waals surface area contributed by atoms with Crippen LogP contribution >= 0.6 is 0 Å². The summed E-state index contributed by atoms with van der Waals surface area (Å²) in [6.45, 7) is -1.74. The predicted molar refractivity (Wildman–Crippen MR) is 64.5 cm³/mol. The third kappa shape index (κ3) is 6.10. The van der Waals surface area contributed by atoms with Gasteiger partial charge in [-0.2, -0.15) is 13.2 Å². The monoisotopic (exact) mass is 327 g/mol. The van der Waals surface area contributed by atoms with Crippen LogP contribution < -0.4 is 4.89 Å². The molecule has 0 saturated carbocycles. The van der Waals surface area contributed by atoms with E-state index < -0.39 is 28.8 Å². The van der Waals surface area contributed by atoms with Crippen LogP contribution in [0.15, 0.2) is 29.2 Å². The highest BCUT2D eigenvalue weighted by Gasteiger charge is 2.29. The molecule has 0 radical (unpaired) electrons. The summed E-state index contributed by atoms with van der Waals surface area (Å²) in [5.74, 6) is -0.503. The van der Waals surface area contributed by atoms with Crippen LogP contribution in [0.3, 0.4) is 0 Å². The van der Waals surface area contributed by atoms with E-state index in [2.05, 4.69) is 9.57 Å². The number of hydrogen-bond acceptors (Lipinski definition) is 5. The van der Waals surface area contributed by atoms with Crippen molar-refractivity contribution < 1.29 is 36.0 Å². The Morgan fingerprint density at radius 2 is 1.81 bits per heavy atom. The maximum absolute atomic E-state index is 11.8. The van der Waals surface area contributed by atoms with E-state index in [0.717, 1.165) is 12.1 Å². The summed E-state index contributed by atoms with van der Waals surface area (Å²) in [5.41, 5.74) is 0.497. The fraction of sp³-hybridized carbons (Fsp3) is 0.364. The highest BCUT2D eigenvalue weighted by atomic mass is 32.2. The Bertz CT molecular complexity index is 583. The van der Waals surface area contributed by atoms with Gasteiger partial charge in [0.1, 0.15) is 0 Å². The molecule has 0 aromatic heterocycles. The van der Waals surface area contributed by atoms with Crippen LogP contribution in [-0.2, 0) is 30.8 Å². The van der Waals surface area contributed by atoms with Crippen LogP contribution in [0, 0.1) is 0 Å². The summed E-state index contributed by atoms with van der Waals surface area (Å²) in [5, 5.41) is 0. The molecular weight excluding hydrogens is 315 g/mol. The number of benzene rings is 1. The summed E-state index contributed by atoms with van der Waals surface area (Å²) in [6.07, 6.45) is -4.69. The van der Waals surface area contributed by atoms with Gasteiger partial charge in [-0.25, -0.2) is 8.42 Å². The van der Waals surface area contributed by atoms with Crippen molar-refractivity contribution in [3.05, 3.63) is 29.8 Å². The van der Waals surface area contributed by atoms with E-state index >= 15 is 0 Å². The third-order valence-corrected chi connectivity index (χ3v) is 3.44. The lowest BCUT2D eigenvalue weighted by Gasteiger charge is -2.09. The molecule has 0 saturated heterocycles. The molecule has 0 heterocycles. The lowest BCUT2D eigenvalue weighted by Crippen LogP contribution is -2.29. The van der Waals surface area contributed by atoms with Crippen molar-refractivity contribution in [3.63, 3.8) is 0 Å². The van der Waals surface area contributed by atoms with E-state index in [4.69, 9.17) is 0 Å². The lowest BCUT2D eigenvalue weighted by molar-refractivity contribution is -0.181. The minimum absolute atomic E-state index is 0.0468. The molecule has 1 N–H and O–H groups in total. The average molecular weight is 327 g/mol. The molecule has 0 aliphatic heterocycles. The molecule has 1 aromatic rings. The predicted octanol–water partition coefficient (Wildman–Crippen LogP) is 1.17. The maximum Gasteiger partial charge on any atom is 0.413 e. The zero-order chi connectivity index (χ0) is 16.1. The molecular formula is C11H12F3NO5S. The zero-order valence-corrected chi connectivity index (χ0v) is 11.6. The van der Waals surface area contributed by atoms with E-state index in [1.54, 1.807) is 0 Å². The quantitative estimate of drug-likeness (QED) is 0.627. The molecule has 1 aromatic carbocycles.